The fourth-order valence-corrected chi connectivity index (χ4v) is 3.92. The Balaban J connectivity index is 1.72. The number of ketones is 1. The Bertz CT molecular complexity index is 835. The molecule has 1 aliphatic rings. The maximum absolute atomic E-state index is 12.8. The van der Waals surface area contributed by atoms with Crippen molar-refractivity contribution < 1.29 is 19.1 Å². The first-order valence-electron chi connectivity index (χ1n) is 10.1. The van der Waals surface area contributed by atoms with Crippen molar-refractivity contribution in [3.8, 4) is 5.75 Å². The van der Waals surface area contributed by atoms with Gasteiger partial charge < -0.3 is 14.5 Å². The number of esters is 1. The van der Waals surface area contributed by atoms with Gasteiger partial charge in [-0.2, -0.15) is 0 Å². The predicted molar refractivity (Wildman–Crippen MR) is 108 cm³/mol. The number of Topliss-reactive ketones (excluding diaryl/α,β-unsaturated/α-hetero) is 1. The number of benzene rings is 1. The monoisotopic (exact) mass is 383 g/mol. The van der Waals surface area contributed by atoms with Gasteiger partial charge in [-0.15, -0.1) is 0 Å². The van der Waals surface area contributed by atoms with Gasteiger partial charge in [-0.1, -0.05) is 38.3 Å². The highest BCUT2D eigenvalue weighted by atomic mass is 16.5. The first-order valence-corrected chi connectivity index (χ1v) is 10.1. The van der Waals surface area contributed by atoms with Crippen LogP contribution in [0.1, 0.15) is 82.6 Å². The van der Waals surface area contributed by atoms with Crippen LogP contribution >= 0.6 is 0 Å². The van der Waals surface area contributed by atoms with Gasteiger partial charge in [0.25, 0.3) is 0 Å². The zero-order chi connectivity index (χ0) is 20.1. The highest BCUT2D eigenvalue weighted by molar-refractivity contribution is 6.03. The summed E-state index contributed by atoms with van der Waals surface area (Å²) in [6.07, 6.45) is 5.38. The van der Waals surface area contributed by atoms with Crippen molar-refractivity contribution >= 4 is 11.8 Å². The highest BCUT2D eigenvalue weighted by Crippen LogP contribution is 2.35. The standard InChI is InChI=1S/C23H29NO4/c1-4-5-6-7-12-28-23(26)22-15(2)21-19(24-22)13-17(14-20(21)25)16-8-10-18(27-3)11-9-16/h8-11,17,24H,4-7,12-14H2,1-3H3/t17-/m0/s1. The molecule has 0 spiro atoms. The van der Waals surface area contributed by atoms with E-state index in [4.69, 9.17) is 9.47 Å². The summed E-state index contributed by atoms with van der Waals surface area (Å²) < 4.78 is 10.6. The maximum atomic E-state index is 12.8. The first kappa shape index (κ1) is 20.2. The second-order valence-corrected chi connectivity index (χ2v) is 7.48. The van der Waals surface area contributed by atoms with Crippen LogP contribution in [-0.2, 0) is 11.2 Å². The van der Waals surface area contributed by atoms with Crippen molar-refractivity contribution in [1.82, 2.24) is 4.98 Å². The quantitative estimate of drug-likeness (QED) is 0.515. The van der Waals surface area contributed by atoms with Crippen LogP contribution in [0.15, 0.2) is 24.3 Å². The molecule has 5 heteroatoms. The number of carbonyl (C=O) groups excluding carboxylic acids is 2. The molecule has 150 valence electrons. The fraction of sp³-hybridized carbons (Fsp3) is 0.478. The van der Waals surface area contributed by atoms with Crippen molar-refractivity contribution in [1.29, 1.82) is 0 Å². The second-order valence-electron chi connectivity index (χ2n) is 7.48. The summed E-state index contributed by atoms with van der Waals surface area (Å²) in [5.74, 6) is 0.614. The minimum absolute atomic E-state index is 0.0813. The molecule has 5 nitrogen and oxygen atoms in total. The number of methoxy groups -OCH3 is 1. The Morgan fingerprint density at radius 2 is 1.89 bits per heavy atom. The van der Waals surface area contributed by atoms with Gasteiger partial charge in [-0.3, -0.25) is 4.79 Å². The van der Waals surface area contributed by atoms with E-state index < -0.39 is 0 Å². The van der Waals surface area contributed by atoms with Crippen molar-refractivity contribution in [2.45, 2.75) is 58.3 Å². The summed E-state index contributed by atoms with van der Waals surface area (Å²) >= 11 is 0. The van der Waals surface area contributed by atoms with Gasteiger partial charge in [0.2, 0.25) is 0 Å². The predicted octanol–water partition coefficient (Wildman–Crippen LogP) is 4.98. The lowest BCUT2D eigenvalue weighted by molar-refractivity contribution is 0.0490. The number of unbranched alkanes of at least 4 members (excludes halogenated alkanes) is 3. The van der Waals surface area contributed by atoms with Crippen molar-refractivity contribution in [3.63, 3.8) is 0 Å². The van der Waals surface area contributed by atoms with E-state index in [2.05, 4.69) is 11.9 Å². The van der Waals surface area contributed by atoms with Crippen molar-refractivity contribution in [2.24, 2.45) is 0 Å². The van der Waals surface area contributed by atoms with E-state index in [9.17, 15) is 9.59 Å². The van der Waals surface area contributed by atoms with Gasteiger partial charge in [0, 0.05) is 17.7 Å². The van der Waals surface area contributed by atoms with Crippen LogP contribution in [0.25, 0.3) is 0 Å². The van der Waals surface area contributed by atoms with Gasteiger partial charge in [0.1, 0.15) is 11.4 Å². The Morgan fingerprint density at radius 1 is 1.14 bits per heavy atom. The van der Waals surface area contributed by atoms with Crippen LogP contribution in [0.3, 0.4) is 0 Å². The van der Waals surface area contributed by atoms with E-state index in [-0.39, 0.29) is 17.7 Å². The molecule has 1 aliphatic carbocycles. The Labute approximate surface area is 166 Å². The average Bonchev–Trinajstić information content (AvgIpc) is 3.04. The second kappa shape index (κ2) is 9.09. The molecule has 0 bridgehead atoms. The maximum Gasteiger partial charge on any atom is 0.355 e. The summed E-state index contributed by atoms with van der Waals surface area (Å²) in [5.41, 5.74) is 3.75. The third-order valence-electron chi connectivity index (χ3n) is 5.51. The lowest BCUT2D eigenvalue weighted by Gasteiger charge is -2.22. The van der Waals surface area contributed by atoms with Crippen LogP contribution in [0.2, 0.25) is 0 Å². The zero-order valence-corrected chi connectivity index (χ0v) is 17.0. The lowest BCUT2D eigenvalue weighted by atomic mass is 9.81. The smallest absolute Gasteiger partial charge is 0.355 e. The SMILES string of the molecule is CCCCCCOC(=O)c1[nH]c2c(c1C)C(=O)C[C@@H](c1ccc(OC)cc1)C2. The van der Waals surface area contributed by atoms with E-state index in [0.717, 1.165) is 42.7 Å². The number of rotatable bonds is 8. The summed E-state index contributed by atoms with van der Waals surface area (Å²) in [7, 11) is 1.64. The molecular formula is C23H29NO4. The first-order chi connectivity index (χ1) is 13.5. The third-order valence-corrected chi connectivity index (χ3v) is 5.51. The molecule has 0 unspecified atom stereocenters. The number of carbonyl (C=O) groups is 2. The fourth-order valence-electron chi connectivity index (χ4n) is 3.92. The number of nitrogens with one attached hydrogen (secondary N) is 1. The zero-order valence-electron chi connectivity index (χ0n) is 17.0. The Morgan fingerprint density at radius 3 is 2.57 bits per heavy atom. The van der Waals surface area contributed by atoms with Crippen LogP contribution in [0.4, 0.5) is 0 Å². The molecule has 0 saturated heterocycles. The minimum atomic E-state index is -0.364. The molecule has 0 saturated carbocycles. The summed E-state index contributed by atoms with van der Waals surface area (Å²) in [5, 5.41) is 0. The van der Waals surface area contributed by atoms with Crippen molar-refractivity contribution in [2.75, 3.05) is 13.7 Å². The largest absolute Gasteiger partial charge is 0.497 e. The molecule has 0 aliphatic heterocycles. The Kier molecular flexibility index (Phi) is 6.55. The van der Waals surface area contributed by atoms with Gasteiger partial charge in [-0.05, 0) is 48.9 Å². The number of aromatic amines is 1. The number of aromatic nitrogens is 1. The van der Waals surface area contributed by atoms with Gasteiger partial charge in [0.05, 0.1) is 13.7 Å². The molecular weight excluding hydrogens is 354 g/mol. The van der Waals surface area contributed by atoms with E-state index in [1.54, 1.807) is 7.11 Å². The molecule has 1 aromatic carbocycles. The molecule has 1 heterocycles. The van der Waals surface area contributed by atoms with Crippen LogP contribution < -0.4 is 4.74 Å². The van der Waals surface area contributed by atoms with E-state index >= 15 is 0 Å². The number of H-pyrrole nitrogens is 1. The average molecular weight is 383 g/mol. The molecule has 3 rings (SSSR count). The normalized spacial score (nSPS) is 16.0. The lowest BCUT2D eigenvalue weighted by Crippen LogP contribution is -2.18. The summed E-state index contributed by atoms with van der Waals surface area (Å²) in [6.45, 7) is 4.40. The topological polar surface area (TPSA) is 68.4 Å². The molecule has 2 aromatic rings. The molecule has 1 N–H and O–H groups in total. The molecule has 28 heavy (non-hydrogen) atoms. The van der Waals surface area contributed by atoms with Crippen LogP contribution in [-0.4, -0.2) is 30.5 Å². The molecule has 0 amide bonds. The van der Waals surface area contributed by atoms with Gasteiger partial charge in [-0.25, -0.2) is 4.79 Å². The molecule has 0 fully saturated rings. The number of hydrogen-bond acceptors (Lipinski definition) is 4. The van der Waals surface area contributed by atoms with Gasteiger partial charge >= 0.3 is 5.97 Å². The Hall–Kier alpha value is -2.56. The number of ether oxygens (including phenoxy) is 2. The molecule has 1 aromatic heterocycles. The number of fused-ring (bicyclic) bond motifs is 1. The number of hydrogen-bond donors (Lipinski definition) is 1. The van der Waals surface area contributed by atoms with E-state index in [0.29, 0.717) is 36.3 Å². The summed E-state index contributed by atoms with van der Waals surface area (Å²) in [4.78, 5) is 28.4. The minimum Gasteiger partial charge on any atom is -0.497 e. The molecule has 1 atom stereocenters. The van der Waals surface area contributed by atoms with Gasteiger partial charge in [0.15, 0.2) is 5.78 Å². The van der Waals surface area contributed by atoms with E-state index in [1.165, 1.54) is 0 Å². The van der Waals surface area contributed by atoms with E-state index in [1.807, 2.05) is 31.2 Å². The van der Waals surface area contributed by atoms with Crippen molar-refractivity contribution in [3.05, 3.63) is 52.3 Å². The van der Waals surface area contributed by atoms with Crippen LogP contribution in [0, 0.1) is 6.92 Å². The molecule has 0 radical (unpaired) electrons. The third kappa shape index (κ3) is 4.29. The highest BCUT2D eigenvalue weighted by Gasteiger charge is 2.32. The van der Waals surface area contributed by atoms with Crippen LogP contribution in [0.5, 0.6) is 5.75 Å². The summed E-state index contributed by atoms with van der Waals surface area (Å²) in [6, 6.07) is 7.83.